The van der Waals surface area contributed by atoms with Crippen LogP contribution in [0.25, 0.3) is 11.2 Å². The van der Waals surface area contributed by atoms with Gasteiger partial charge in [0.15, 0.2) is 22.7 Å². The molecule has 3 heterocycles. The van der Waals surface area contributed by atoms with Crippen molar-refractivity contribution in [3.8, 4) is 0 Å². The summed E-state index contributed by atoms with van der Waals surface area (Å²) in [6, 6.07) is 5.09. The molecular formula is C22H25F3N6O3. The van der Waals surface area contributed by atoms with Gasteiger partial charge in [0, 0.05) is 37.3 Å². The molecule has 0 radical (unpaired) electrons. The van der Waals surface area contributed by atoms with Gasteiger partial charge < -0.3 is 25.5 Å². The van der Waals surface area contributed by atoms with Gasteiger partial charge in [-0.05, 0) is 43.5 Å². The third kappa shape index (κ3) is 3.85. The lowest BCUT2D eigenvalue weighted by Gasteiger charge is -2.29. The molecule has 0 spiro atoms. The first-order valence-corrected chi connectivity index (χ1v) is 11.1. The van der Waals surface area contributed by atoms with Gasteiger partial charge in [0.25, 0.3) is 0 Å². The number of anilines is 2. The highest BCUT2D eigenvalue weighted by Crippen LogP contribution is 2.40. The number of nitrogens with zero attached hydrogens (tertiary/aromatic N) is 5. The number of imidazole rings is 1. The molecule has 34 heavy (non-hydrogen) atoms. The number of alkyl halides is 3. The molecule has 2 aromatic heterocycles. The number of rotatable bonds is 5. The molecule has 9 nitrogen and oxygen atoms in total. The van der Waals surface area contributed by atoms with Crippen LogP contribution in [0.5, 0.6) is 0 Å². The van der Waals surface area contributed by atoms with Crippen LogP contribution >= 0.6 is 0 Å². The van der Waals surface area contributed by atoms with Crippen LogP contribution in [0, 0.1) is 5.92 Å². The van der Waals surface area contributed by atoms with Gasteiger partial charge in [-0.2, -0.15) is 13.2 Å². The molecule has 3 aromatic rings. The molecule has 0 amide bonds. The summed E-state index contributed by atoms with van der Waals surface area (Å²) >= 11 is 0. The summed E-state index contributed by atoms with van der Waals surface area (Å²) in [5.41, 5.74) is -0.798. The van der Waals surface area contributed by atoms with E-state index in [0.717, 1.165) is 18.6 Å². The summed E-state index contributed by atoms with van der Waals surface area (Å²) in [5, 5.41) is 34.5. The Kier molecular flexibility index (Phi) is 5.61. The van der Waals surface area contributed by atoms with Gasteiger partial charge in [0.2, 0.25) is 0 Å². The molecule has 1 saturated carbocycles. The summed E-state index contributed by atoms with van der Waals surface area (Å²) in [7, 11) is 0. The van der Waals surface area contributed by atoms with E-state index in [1.165, 1.54) is 29.4 Å². The van der Waals surface area contributed by atoms with E-state index in [0.29, 0.717) is 42.2 Å². The minimum absolute atomic E-state index is 0.0236. The second-order valence-electron chi connectivity index (χ2n) is 8.93. The number of benzene rings is 1. The molecule has 12 heteroatoms. The average molecular weight is 478 g/mol. The summed E-state index contributed by atoms with van der Waals surface area (Å²) in [6.07, 6.45) is -1.30. The van der Waals surface area contributed by atoms with Crippen LogP contribution in [-0.4, -0.2) is 66.7 Å². The Morgan fingerprint density at radius 2 is 1.88 bits per heavy atom. The summed E-state index contributed by atoms with van der Waals surface area (Å²) in [6.45, 7) is 1.01. The average Bonchev–Trinajstić information content (AvgIpc) is 3.53. The molecule has 1 aliphatic carbocycles. The largest absolute Gasteiger partial charge is 0.416 e. The number of aliphatic hydroxyl groups is 3. The highest BCUT2D eigenvalue weighted by atomic mass is 19.4. The van der Waals surface area contributed by atoms with E-state index in [4.69, 9.17) is 0 Å². The molecule has 1 saturated heterocycles. The highest BCUT2D eigenvalue weighted by molar-refractivity contribution is 5.83. The van der Waals surface area contributed by atoms with Gasteiger partial charge in [-0.25, -0.2) is 15.0 Å². The molecule has 0 bridgehead atoms. The molecule has 4 N–H and O–H groups in total. The Bertz CT molecular complexity index is 1170. The summed E-state index contributed by atoms with van der Waals surface area (Å²) < 4.78 is 39.9. The number of aromatic nitrogens is 4. The van der Waals surface area contributed by atoms with Gasteiger partial charge in [0.1, 0.15) is 12.4 Å². The maximum absolute atomic E-state index is 12.8. The second-order valence-corrected chi connectivity index (χ2v) is 8.93. The molecule has 5 rings (SSSR count). The van der Waals surface area contributed by atoms with Crippen molar-refractivity contribution >= 4 is 22.7 Å². The second kappa shape index (κ2) is 8.36. The third-order valence-corrected chi connectivity index (χ3v) is 6.88. The van der Waals surface area contributed by atoms with Crippen LogP contribution in [0.15, 0.2) is 36.9 Å². The van der Waals surface area contributed by atoms with Crippen molar-refractivity contribution in [3.63, 3.8) is 0 Å². The number of fused-ring (bicyclic) bond motifs is 1. The molecule has 182 valence electrons. The van der Waals surface area contributed by atoms with Gasteiger partial charge in [-0.15, -0.1) is 0 Å². The predicted octanol–water partition coefficient (Wildman–Crippen LogP) is 1.94. The maximum Gasteiger partial charge on any atom is 0.416 e. The van der Waals surface area contributed by atoms with Crippen LogP contribution < -0.4 is 10.2 Å². The zero-order valence-electron chi connectivity index (χ0n) is 18.2. The van der Waals surface area contributed by atoms with Crippen molar-refractivity contribution in [3.05, 3.63) is 42.5 Å². The highest BCUT2D eigenvalue weighted by Gasteiger charge is 2.48. The van der Waals surface area contributed by atoms with Crippen molar-refractivity contribution in [1.82, 2.24) is 19.5 Å². The maximum atomic E-state index is 12.8. The molecule has 2 aliphatic rings. The molecule has 2 fully saturated rings. The standard InChI is InChI=1S/C22H25F3N6O3/c23-22(24,25)14-1-3-16(4-2-14)30-8-6-15(9-30)29-19-17-20(27-11-26-19)31(12-28-17)21(34)7-5-13(10-32)18(21)33/h1-4,11-13,15,18,32-34H,5-10H2,(H,26,27,29)/t13?,15-,18?,21?/m0/s1. The van der Waals surface area contributed by atoms with Crippen LogP contribution in [0.2, 0.25) is 0 Å². The van der Waals surface area contributed by atoms with Crippen LogP contribution in [0.1, 0.15) is 24.8 Å². The van der Waals surface area contributed by atoms with E-state index in [1.807, 2.05) is 4.90 Å². The first-order valence-electron chi connectivity index (χ1n) is 11.1. The first kappa shape index (κ1) is 22.8. The number of hydrogen-bond donors (Lipinski definition) is 4. The fraction of sp³-hybridized carbons (Fsp3) is 0.500. The van der Waals surface area contributed by atoms with Gasteiger partial charge >= 0.3 is 6.18 Å². The number of halogens is 3. The van der Waals surface area contributed by atoms with E-state index >= 15 is 0 Å². The van der Waals surface area contributed by atoms with Gasteiger partial charge in [-0.1, -0.05) is 0 Å². The normalized spacial score (nSPS) is 27.6. The molecule has 1 aromatic carbocycles. The van der Waals surface area contributed by atoms with E-state index in [2.05, 4.69) is 20.3 Å². The first-order chi connectivity index (χ1) is 16.2. The fourth-order valence-corrected chi connectivity index (χ4v) is 4.93. The molecule has 4 atom stereocenters. The van der Waals surface area contributed by atoms with Crippen LogP contribution in [-0.2, 0) is 11.9 Å². The molecular weight excluding hydrogens is 453 g/mol. The van der Waals surface area contributed by atoms with Crippen LogP contribution in [0.3, 0.4) is 0 Å². The SMILES string of the molecule is OCC1CCC(O)(n2cnc3c(N[C@H]4CCN(c5ccc(C(F)(F)F)cc5)C4)ncnc32)C1O. The van der Waals surface area contributed by atoms with Crippen molar-refractivity contribution in [1.29, 1.82) is 0 Å². The zero-order chi connectivity index (χ0) is 24.1. The predicted molar refractivity (Wildman–Crippen MR) is 117 cm³/mol. The topological polar surface area (TPSA) is 120 Å². The van der Waals surface area contributed by atoms with Gasteiger partial charge in [0.05, 0.1) is 11.9 Å². The quantitative estimate of drug-likeness (QED) is 0.439. The Morgan fingerprint density at radius 1 is 1.12 bits per heavy atom. The lowest BCUT2D eigenvalue weighted by Crippen LogP contribution is -2.43. The Hall–Kier alpha value is -2.96. The smallest absolute Gasteiger partial charge is 0.396 e. The third-order valence-electron chi connectivity index (χ3n) is 6.88. The summed E-state index contributed by atoms with van der Waals surface area (Å²) in [4.78, 5) is 14.9. The monoisotopic (exact) mass is 478 g/mol. The van der Waals surface area contributed by atoms with Crippen molar-refractivity contribution in [2.24, 2.45) is 5.92 Å². The van der Waals surface area contributed by atoms with E-state index in [1.54, 1.807) is 0 Å². The zero-order valence-corrected chi connectivity index (χ0v) is 18.2. The number of nitrogens with one attached hydrogen (secondary N) is 1. The Morgan fingerprint density at radius 3 is 2.56 bits per heavy atom. The molecule has 1 aliphatic heterocycles. The minimum atomic E-state index is -4.36. The van der Waals surface area contributed by atoms with Crippen molar-refractivity contribution in [2.45, 2.75) is 43.3 Å². The Balaban J connectivity index is 1.33. The van der Waals surface area contributed by atoms with Crippen molar-refractivity contribution in [2.75, 3.05) is 29.9 Å². The fourth-order valence-electron chi connectivity index (χ4n) is 4.93. The summed E-state index contributed by atoms with van der Waals surface area (Å²) in [5.74, 6) is 0.0365. The van der Waals surface area contributed by atoms with E-state index < -0.39 is 29.5 Å². The number of hydrogen-bond acceptors (Lipinski definition) is 8. The lowest BCUT2D eigenvalue weighted by atomic mass is 10.0. The van der Waals surface area contributed by atoms with Gasteiger partial charge in [-0.3, -0.25) is 4.57 Å². The molecule has 3 unspecified atom stereocenters. The minimum Gasteiger partial charge on any atom is -0.396 e. The van der Waals surface area contributed by atoms with E-state index in [-0.39, 0.29) is 19.1 Å². The Labute approximate surface area is 192 Å². The van der Waals surface area contributed by atoms with Crippen molar-refractivity contribution < 1.29 is 28.5 Å². The lowest BCUT2D eigenvalue weighted by molar-refractivity contribution is -0.137. The number of aliphatic hydroxyl groups excluding tert-OH is 2. The van der Waals surface area contributed by atoms with E-state index in [9.17, 15) is 28.5 Å². The van der Waals surface area contributed by atoms with Crippen LogP contribution in [0.4, 0.5) is 24.7 Å².